The molecule has 0 aliphatic heterocycles. The predicted molar refractivity (Wildman–Crippen MR) is 224 cm³/mol. The lowest BCUT2D eigenvalue weighted by Gasteiger charge is -2.20. The molecule has 2 unspecified atom stereocenters. The molecule has 53 heavy (non-hydrogen) atoms. The molecule has 0 spiro atoms. The number of rotatable bonds is 37. The summed E-state index contributed by atoms with van der Waals surface area (Å²) in [7, 11) is 0. The zero-order valence-corrected chi connectivity index (χ0v) is 34.5. The summed E-state index contributed by atoms with van der Waals surface area (Å²) in [5.74, 6) is 0.00800. The molecule has 1 rings (SSSR count). The molecule has 0 saturated carbocycles. The van der Waals surface area contributed by atoms with Crippen molar-refractivity contribution >= 4 is 17.7 Å². The number of unbranched alkanes of at least 4 members (excludes halogenated alkanes) is 16. The van der Waals surface area contributed by atoms with Gasteiger partial charge in [-0.1, -0.05) is 141 Å². The van der Waals surface area contributed by atoms with E-state index >= 15 is 0 Å². The van der Waals surface area contributed by atoms with Crippen molar-refractivity contribution in [2.24, 2.45) is 5.92 Å². The molecular weight excluding hydrogens is 659 g/mol. The van der Waals surface area contributed by atoms with Crippen LogP contribution in [0.15, 0.2) is 43.0 Å². The summed E-state index contributed by atoms with van der Waals surface area (Å²) in [5, 5.41) is 9.24. The van der Waals surface area contributed by atoms with E-state index in [1.165, 1.54) is 89.9 Å². The van der Waals surface area contributed by atoms with E-state index in [-0.39, 0.29) is 23.6 Å². The van der Waals surface area contributed by atoms with Crippen LogP contribution in [0.2, 0.25) is 0 Å². The summed E-state index contributed by atoms with van der Waals surface area (Å²) in [5.41, 5.74) is 0. The third-order valence-corrected chi connectivity index (χ3v) is 10.1. The molecule has 0 aromatic carbocycles. The molecule has 0 saturated heterocycles. The van der Waals surface area contributed by atoms with Crippen LogP contribution in [0, 0.1) is 5.92 Å². The molecule has 8 nitrogen and oxygen atoms in total. The van der Waals surface area contributed by atoms with Crippen molar-refractivity contribution in [1.29, 1.82) is 0 Å². The molecule has 1 aromatic heterocycles. The average Bonchev–Trinajstić information content (AvgIpc) is 3.68. The van der Waals surface area contributed by atoms with Crippen molar-refractivity contribution in [3.63, 3.8) is 0 Å². The Bertz CT molecular complexity index is 1050. The number of imidazole rings is 1. The molecular formula is C45H81N5O3. The van der Waals surface area contributed by atoms with Gasteiger partial charge in [0, 0.05) is 44.4 Å². The number of aromatic nitrogens is 2. The molecule has 0 aliphatic rings. The number of carbonyl (C=O) groups excluding carboxylic acids is 3. The van der Waals surface area contributed by atoms with Crippen LogP contribution >= 0.6 is 0 Å². The highest BCUT2D eigenvalue weighted by molar-refractivity contribution is 5.87. The van der Waals surface area contributed by atoms with Gasteiger partial charge in [0.25, 0.3) is 0 Å². The largest absolute Gasteiger partial charge is 0.356 e. The van der Waals surface area contributed by atoms with Gasteiger partial charge in [0.2, 0.25) is 17.7 Å². The van der Waals surface area contributed by atoms with E-state index in [0.29, 0.717) is 32.4 Å². The Morgan fingerprint density at radius 3 is 1.81 bits per heavy atom. The van der Waals surface area contributed by atoms with Crippen LogP contribution in [0.3, 0.4) is 0 Å². The number of nitrogens with one attached hydrogen (secondary N) is 3. The Kier molecular flexibility index (Phi) is 32.8. The fraction of sp³-hybridized carbons (Fsp3) is 0.778. The second-order valence-electron chi connectivity index (χ2n) is 15.1. The fourth-order valence-electron chi connectivity index (χ4n) is 6.70. The maximum absolute atomic E-state index is 13.2. The number of allylic oxidation sites excluding steroid dienone is 4. The number of carbonyl (C=O) groups is 3. The van der Waals surface area contributed by atoms with Crippen LogP contribution in [0.1, 0.15) is 194 Å². The first-order valence-corrected chi connectivity index (χ1v) is 22.1. The predicted octanol–water partition coefficient (Wildman–Crippen LogP) is 10.9. The van der Waals surface area contributed by atoms with Crippen LogP contribution in [0.4, 0.5) is 0 Å². The van der Waals surface area contributed by atoms with Gasteiger partial charge >= 0.3 is 0 Å². The van der Waals surface area contributed by atoms with Crippen LogP contribution in [0.5, 0.6) is 0 Å². The van der Waals surface area contributed by atoms with Crippen molar-refractivity contribution in [2.75, 3.05) is 13.1 Å². The van der Waals surface area contributed by atoms with Gasteiger partial charge in [0.15, 0.2) is 0 Å². The molecule has 3 amide bonds. The lowest BCUT2D eigenvalue weighted by Crippen LogP contribution is -2.47. The van der Waals surface area contributed by atoms with Gasteiger partial charge in [-0.2, -0.15) is 0 Å². The summed E-state index contributed by atoms with van der Waals surface area (Å²) in [4.78, 5) is 43.5. The highest BCUT2D eigenvalue weighted by Gasteiger charge is 2.21. The molecule has 2 atom stereocenters. The van der Waals surface area contributed by atoms with E-state index in [1.54, 1.807) is 12.5 Å². The zero-order valence-electron chi connectivity index (χ0n) is 34.5. The van der Waals surface area contributed by atoms with E-state index in [4.69, 9.17) is 0 Å². The van der Waals surface area contributed by atoms with Crippen LogP contribution in [0.25, 0.3) is 0 Å². The normalized spacial score (nSPS) is 12.7. The second kappa shape index (κ2) is 36.1. The maximum atomic E-state index is 13.2. The zero-order chi connectivity index (χ0) is 38.5. The first-order chi connectivity index (χ1) is 26.0. The smallest absolute Gasteiger partial charge is 0.242 e. The Hall–Kier alpha value is -2.90. The molecule has 1 heterocycles. The van der Waals surface area contributed by atoms with E-state index in [9.17, 15) is 14.4 Å². The highest BCUT2D eigenvalue weighted by Crippen LogP contribution is 2.19. The van der Waals surface area contributed by atoms with Crippen molar-refractivity contribution in [1.82, 2.24) is 25.5 Å². The van der Waals surface area contributed by atoms with Gasteiger partial charge in [-0.3, -0.25) is 14.4 Å². The Labute approximate surface area is 325 Å². The molecule has 0 aliphatic carbocycles. The average molecular weight is 740 g/mol. The molecule has 0 bridgehead atoms. The van der Waals surface area contributed by atoms with Gasteiger partial charge < -0.3 is 20.5 Å². The summed E-state index contributed by atoms with van der Waals surface area (Å²) in [6.07, 6.45) is 43.5. The quantitative estimate of drug-likeness (QED) is 0.0467. The summed E-state index contributed by atoms with van der Waals surface area (Å²) in [6, 6.07) is -0.599. The molecule has 0 radical (unpaired) electrons. The molecule has 1 aromatic rings. The summed E-state index contributed by atoms with van der Waals surface area (Å²) >= 11 is 0. The Morgan fingerprint density at radius 1 is 0.604 bits per heavy atom. The van der Waals surface area contributed by atoms with Gasteiger partial charge in [0.1, 0.15) is 6.04 Å². The Morgan fingerprint density at radius 2 is 1.15 bits per heavy atom. The number of aryl methyl sites for hydroxylation is 1. The van der Waals surface area contributed by atoms with E-state index in [1.807, 2.05) is 10.8 Å². The molecule has 0 fully saturated rings. The van der Waals surface area contributed by atoms with Gasteiger partial charge in [-0.15, -0.1) is 0 Å². The van der Waals surface area contributed by atoms with Crippen LogP contribution in [-0.4, -0.2) is 46.4 Å². The van der Waals surface area contributed by atoms with E-state index in [2.05, 4.69) is 66.0 Å². The van der Waals surface area contributed by atoms with Gasteiger partial charge in [-0.25, -0.2) is 4.98 Å². The third-order valence-electron chi connectivity index (χ3n) is 10.1. The number of hydrogen-bond donors (Lipinski definition) is 3. The third kappa shape index (κ3) is 29.2. The van der Waals surface area contributed by atoms with E-state index < -0.39 is 6.04 Å². The maximum Gasteiger partial charge on any atom is 0.242 e. The van der Waals surface area contributed by atoms with Crippen molar-refractivity contribution in [3.05, 3.63) is 43.0 Å². The fourth-order valence-corrected chi connectivity index (χ4v) is 6.70. The molecule has 3 N–H and O–H groups in total. The summed E-state index contributed by atoms with van der Waals surface area (Å²) in [6.45, 7) is 8.52. The molecule has 8 heteroatoms. The van der Waals surface area contributed by atoms with Crippen molar-refractivity contribution < 1.29 is 14.4 Å². The van der Waals surface area contributed by atoms with Crippen LogP contribution in [-0.2, 0) is 20.9 Å². The lowest BCUT2D eigenvalue weighted by atomic mass is 9.93. The van der Waals surface area contributed by atoms with E-state index in [0.717, 1.165) is 70.8 Å². The first-order valence-electron chi connectivity index (χ1n) is 22.1. The van der Waals surface area contributed by atoms with Gasteiger partial charge in [-0.05, 0) is 70.6 Å². The topological polar surface area (TPSA) is 105 Å². The highest BCUT2D eigenvalue weighted by atomic mass is 16.2. The number of amides is 3. The first kappa shape index (κ1) is 48.1. The molecule has 304 valence electrons. The van der Waals surface area contributed by atoms with Crippen molar-refractivity contribution in [2.45, 2.75) is 207 Å². The number of hydrogen-bond acceptors (Lipinski definition) is 4. The summed E-state index contributed by atoms with van der Waals surface area (Å²) < 4.78 is 1.99. The SMILES string of the molecule is CCCCC/C=C\C/C=C\CCCCCCCC(=O)NC(CCCNC(=O)C(CCCCCC)CCCCCCCC)C(=O)NCCCn1ccnc1. The minimum Gasteiger partial charge on any atom is -0.356 e. The second-order valence-corrected chi connectivity index (χ2v) is 15.1. The Balaban J connectivity index is 2.47. The van der Waals surface area contributed by atoms with Crippen LogP contribution < -0.4 is 16.0 Å². The monoisotopic (exact) mass is 740 g/mol. The minimum atomic E-state index is -0.599. The van der Waals surface area contributed by atoms with Gasteiger partial charge in [0.05, 0.1) is 6.33 Å². The minimum absolute atomic E-state index is 0.0654. The van der Waals surface area contributed by atoms with Crippen molar-refractivity contribution in [3.8, 4) is 0 Å². The number of nitrogens with zero attached hydrogens (tertiary/aromatic N) is 2. The lowest BCUT2D eigenvalue weighted by molar-refractivity contribution is -0.129. The standard InChI is InChI=1S/C45H81N5O3/c1-4-7-10-13-15-16-17-18-19-20-21-22-23-25-28-34-43(51)49-42(45(53)48-36-30-38-50-39-37-46-40-50)33-29-35-47-44(52)41(31-26-12-9-6-3)32-27-24-14-11-8-5-2/h15-16,18-19,37,39-42H,4-14,17,20-36,38H2,1-3H3,(H,47,52)(H,48,53)(H,49,51)/b16-15-,19-18-.